The molecular weight excluding hydrogens is 318 g/mol. The second-order valence-electron chi connectivity index (χ2n) is 6.13. The minimum Gasteiger partial charge on any atom is -0.351 e. The molecule has 0 radical (unpaired) electrons. The van der Waals surface area contributed by atoms with Crippen molar-refractivity contribution in [3.05, 3.63) is 42.2 Å². The fourth-order valence-electron chi connectivity index (χ4n) is 2.82. The van der Waals surface area contributed by atoms with Crippen molar-refractivity contribution in [3.8, 4) is 0 Å². The molecule has 0 atom stereocenters. The Morgan fingerprint density at radius 3 is 2.08 bits per heavy atom. The van der Waals surface area contributed by atoms with Crippen LogP contribution in [0.4, 0.5) is 17.3 Å². The Kier molecular flexibility index (Phi) is 5.23. The second-order valence-corrected chi connectivity index (χ2v) is 6.13. The molecule has 25 heavy (non-hydrogen) atoms. The lowest BCUT2D eigenvalue weighted by Gasteiger charge is -2.11. The Labute approximate surface area is 146 Å². The highest BCUT2D eigenvalue weighted by molar-refractivity contribution is 6.04. The Balaban J connectivity index is 1.57. The van der Waals surface area contributed by atoms with Gasteiger partial charge in [0.25, 0.3) is 5.91 Å². The molecule has 2 amide bonds. The summed E-state index contributed by atoms with van der Waals surface area (Å²) in [6.45, 7) is 1.45. The molecular formula is C18H21N5O2. The maximum absolute atomic E-state index is 12.3. The summed E-state index contributed by atoms with van der Waals surface area (Å²) in [7, 11) is 0. The fraction of sp³-hybridized carbons (Fsp3) is 0.333. The van der Waals surface area contributed by atoms with Gasteiger partial charge in [-0.25, -0.2) is 9.97 Å². The predicted octanol–water partition coefficient (Wildman–Crippen LogP) is 3.04. The molecule has 0 saturated heterocycles. The first-order chi connectivity index (χ1) is 12.1. The molecule has 7 nitrogen and oxygen atoms in total. The number of anilines is 3. The summed E-state index contributed by atoms with van der Waals surface area (Å²) in [6, 6.07) is 7.33. The zero-order chi connectivity index (χ0) is 17.6. The number of amides is 2. The molecule has 0 unspecified atom stereocenters. The molecule has 3 rings (SSSR count). The monoisotopic (exact) mass is 339 g/mol. The average Bonchev–Trinajstić information content (AvgIpc) is 3.10. The van der Waals surface area contributed by atoms with Gasteiger partial charge in [-0.2, -0.15) is 0 Å². The van der Waals surface area contributed by atoms with Crippen LogP contribution in [0.3, 0.4) is 0 Å². The van der Waals surface area contributed by atoms with Crippen LogP contribution in [0.5, 0.6) is 0 Å². The highest BCUT2D eigenvalue weighted by Gasteiger charge is 2.16. The molecule has 1 heterocycles. The van der Waals surface area contributed by atoms with Crippen molar-refractivity contribution in [3.63, 3.8) is 0 Å². The van der Waals surface area contributed by atoms with Gasteiger partial charge in [-0.15, -0.1) is 0 Å². The maximum Gasteiger partial charge on any atom is 0.258 e. The van der Waals surface area contributed by atoms with Crippen molar-refractivity contribution < 1.29 is 9.59 Å². The summed E-state index contributed by atoms with van der Waals surface area (Å²) in [6.07, 6.45) is 7.79. The van der Waals surface area contributed by atoms with E-state index >= 15 is 0 Å². The van der Waals surface area contributed by atoms with E-state index in [-0.39, 0.29) is 11.8 Å². The molecule has 3 N–H and O–H groups in total. The largest absolute Gasteiger partial charge is 0.351 e. The quantitative estimate of drug-likeness (QED) is 0.778. The smallest absolute Gasteiger partial charge is 0.258 e. The van der Waals surface area contributed by atoms with E-state index in [1.807, 2.05) is 0 Å². The van der Waals surface area contributed by atoms with Crippen molar-refractivity contribution in [2.24, 2.45) is 0 Å². The van der Waals surface area contributed by atoms with E-state index in [0.717, 1.165) is 12.8 Å². The van der Waals surface area contributed by atoms with Gasteiger partial charge >= 0.3 is 0 Å². The fourth-order valence-corrected chi connectivity index (χ4v) is 2.82. The Morgan fingerprint density at radius 2 is 1.52 bits per heavy atom. The zero-order valence-electron chi connectivity index (χ0n) is 14.1. The highest BCUT2D eigenvalue weighted by Crippen LogP contribution is 2.20. The molecule has 1 fully saturated rings. The van der Waals surface area contributed by atoms with Crippen LogP contribution in [0.15, 0.2) is 36.7 Å². The van der Waals surface area contributed by atoms with Gasteiger partial charge < -0.3 is 16.0 Å². The van der Waals surface area contributed by atoms with E-state index in [0.29, 0.717) is 28.9 Å². The summed E-state index contributed by atoms with van der Waals surface area (Å²) in [5, 5.41) is 8.74. The number of aromatic nitrogens is 2. The van der Waals surface area contributed by atoms with E-state index < -0.39 is 0 Å². The lowest BCUT2D eigenvalue weighted by molar-refractivity contribution is -0.114. The summed E-state index contributed by atoms with van der Waals surface area (Å²) < 4.78 is 0. The van der Waals surface area contributed by atoms with E-state index in [9.17, 15) is 9.59 Å². The Bertz CT molecular complexity index is 737. The van der Waals surface area contributed by atoms with Crippen LogP contribution < -0.4 is 16.0 Å². The first-order valence-corrected chi connectivity index (χ1v) is 8.38. The van der Waals surface area contributed by atoms with Crippen molar-refractivity contribution in [2.45, 2.75) is 38.6 Å². The van der Waals surface area contributed by atoms with Gasteiger partial charge in [0, 0.05) is 36.7 Å². The van der Waals surface area contributed by atoms with Crippen molar-refractivity contribution in [2.75, 3.05) is 16.0 Å². The summed E-state index contributed by atoms with van der Waals surface area (Å²) in [5.41, 5.74) is 1.70. The summed E-state index contributed by atoms with van der Waals surface area (Å²) >= 11 is 0. The number of hydrogen-bond donors (Lipinski definition) is 3. The number of carbonyl (C=O) groups excluding carboxylic acids is 2. The number of nitrogens with one attached hydrogen (secondary N) is 3. The SMILES string of the molecule is CC(=O)Nc1ccc(NC(=O)c2cnc(NC3CCCC3)nc2)cc1. The predicted molar refractivity (Wildman–Crippen MR) is 96.6 cm³/mol. The van der Waals surface area contributed by atoms with E-state index in [4.69, 9.17) is 0 Å². The average molecular weight is 339 g/mol. The lowest BCUT2D eigenvalue weighted by atomic mass is 10.2. The molecule has 0 aliphatic heterocycles. The maximum atomic E-state index is 12.3. The van der Waals surface area contributed by atoms with Crippen LogP contribution in [0.2, 0.25) is 0 Å². The number of rotatable bonds is 5. The van der Waals surface area contributed by atoms with E-state index in [2.05, 4.69) is 25.9 Å². The van der Waals surface area contributed by atoms with Gasteiger partial charge in [0.05, 0.1) is 5.56 Å². The van der Waals surface area contributed by atoms with Gasteiger partial charge in [0.15, 0.2) is 0 Å². The van der Waals surface area contributed by atoms with Crippen LogP contribution in [-0.4, -0.2) is 27.8 Å². The number of carbonyl (C=O) groups is 2. The van der Waals surface area contributed by atoms with Crippen molar-refractivity contribution in [1.29, 1.82) is 0 Å². The molecule has 1 saturated carbocycles. The molecule has 1 aliphatic rings. The number of hydrogen-bond acceptors (Lipinski definition) is 5. The number of benzene rings is 1. The molecule has 7 heteroatoms. The third-order valence-corrected chi connectivity index (χ3v) is 4.07. The standard InChI is InChI=1S/C18H21N5O2/c1-12(24)21-15-6-8-16(9-7-15)22-17(25)13-10-19-18(20-11-13)23-14-4-2-3-5-14/h6-11,14H,2-5H2,1H3,(H,21,24)(H,22,25)(H,19,20,23). The first kappa shape index (κ1) is 16.9. The summed E-state index contributed by atoms with van der Waals surface area (Å²) in [4.78, 5) is 31.7. The van der Waals surface area contributed by atoms with Gasteiger partial charge in [-0.3, -0.25) is 9.59 Å². The van der Waals surface area contributed by atoms with Gasteiger partial charge in [0.2, 0.25) is 11.9 Å². The molecule has 1 aromatic heterocycles. The van der Waals surface area contributed by atoms with Crippen molar-refractivity contribution in [1.82, 2.24) is 9.97 Å². The van der Waals surface area contributed by atoms with Crippen molar-refractivity contribution >= 4 is 29.1 Å². The molecule has 130 valence electrons. The Hall–Kier alpha value is -2.96. The topological polar surface area (TPSA) is 96.0 Å². The van der Waals surface area contributed by atoms with Crippen LogP contribution in [-0.2, 0) is 4.79 Å². The van der Waals surface area contributed by atoms with Gasteiger partial charge in [-0.1, -0.05) is 12.8 Å². The molecule has 2 aromatic rings. The summed E-state index contributed by atoms with van der Waals surface area (Å²) in [5.74, 6) is 0.142. The third-order valence-electron chi connectivity index (χ3n) is 4.07. The van der Waals surface area contributed by atoms with Gasteiger partial charge in [-0.05, 0) is 37.1 Å². The third kappa shape index (κ3) is 4.76. The Morgan fingerprint density at radius 1 is 0.960 bits per heavy atom. The van der Waals surface area contributed by atoms with Crippen LogP contribution in [0.25, 0.3) is 0 Å². The van der Waals surface area contributed by atoms with Crippen LogP contribution in [0, 0.1) is 0 Å². The first-order valence-electron chi connectivity index (χ1n) is 8.38. The minimum absolute atomic E-state index is 0.139. The second kappa shape index (κ2) is 7.74. The zero-order valence-corrected chi connectivity index (χ0v) is 14.1. The minimum atomic E-state index is -0.278. The van der Waals surface area contributed by atoms with Gasteiger partial charge in [0.1, 0.15) is 0 Å². The van der Waals surface area contributed by atoms with E-state index in [1.54, 1.807) is 24.3 Å². The normalized spacial score (nSPS) is 14.1. The highest BCUT2D eigenvalue weighted by atomic mass is 16.2. The molecule has 1 aromatic carbocycles. The lowest BCUT2D eigenvalue weighted by Crippen LogP contribution is -2.18. The molecule has 1 aliphatic carbocycles. The molecule has 0 spiro atoms. The number of nitrogens with zero attached hydrogens (tertiary/aromatic N) is 2. The van der Waals surface area contributed by atoms with E-state index in [1.165, 1.54) is 32.2 Å². The van der Waals surface area contributed by atoms with Crippen LogP contribution >= 0.6 is 0 Å². The van der Waals surface area contributed by atoms with Crippen LogP contribution in [0.1, 0.15) is 43.0 Å². The molecule has 0 bridgehead atoms.